The van der Waals surface area contributed by atoms with Gasteiger partial charge in [0.15, 0.2) is 5.69 Å². The molecule has 2 heterocycles. The average molecular weight is 261 g/mol. The Balaban J connectivity index is 2.10. The van der Waals surface area contributed by atoms with Gasteiger partial charge in [-0.25, -0.2) is 4.68 Å². The highest BCUT2D eigenvalue weighted by Crippen LogP contribution is 2.24. The van der Waals surface area contributed by atoms with Crippen LogP contribution in [0.3, 0.4) is 0 Å². The lowest BCUT2D eigenvalue weighted by Crippen LogP contribution is -2.25. The normalized spacial score (nSPS) is 16.1. The summed E-state index contributed by atoms with van der Waals surface area (Å²) in [5.74, 6) is 0.392. The monoisotopic (exact) mass is 261 g/mol. The van der Waals surface area contributed by atoms with Crippen molar-refractivity contribution in [2.24, 2.45) is 0 Å². The van der Waals surface area contributed by atoms with Crippen molar-refractivity contribution in [2.75, 3.05) is 19.6 Å². The lowest BCUT2D eigenvalue weighted by Gasteiger charge is -2.18. The Labute approximate surface area is 115 Å². The van der Waals surface area contributed by atoms with E-state index in [2.05, 4.69) is 35.1 Å². The quantitative estimate of drug-likeness (QED) is 0.787. The van der Waals surface area contributed by atoms with E-state index in [0.717, 1.165) is 31.6 Å². The topological polar surface area (TPSA) is 57.7 Å². The van der Waals surface area contributed by atoms with Crippen molar-refractivity contribution in [3.05, 3.63) is 11.4 Å². The van der Waals surface area contributed by atoms with Crippen LogP contribution in [0, 0.1) is 11.3 Å². The molecule has 0 spiro atoms. The predicted molar refractivity (Wildman–Crippen MR) is 73.7 cm³/mol. The van der Waals surface area contributed by atoms with E-state index in [4.69, 9.17) is 0 Å². The van der Waals surface area contributed by atoms with Crippen molar-refractivity contribution in [2.45, 2.75) is 52.0 Å². The van der Waals surface area contributed by atoms with Crippen LogP contribution >= 0.6 is 0 Å². The molecule has 19 heavy (non-hydrogen) atoms. The molecule has 0 aromatic carbocycles. The third kappa shape index (κ3) is 3.13. The maximum atomic E-state index is 9.18. The van der Waals surface area contributed by atoms with Gasteiger partial charge < -0.3 is 4.90 Å². The zero-order valence-electron chi connectivity index (χ0n) is 12.0. The van der Waals surface area contributed by atoms with Crippen LogP contribution in [-0.2, 0) is 6.54 Å². The summed E-state index contributed by atoms with van der Waals surface area (Å²) in [5, 5.41) is 17.4. The first-order valence-corrected chi connectivity index (χ1v) is 7.36. The van der Waals surface area contributed by atoms with Crippen molar-refractivity contribution in [1.29, 1.82) is 5.26 Å². The number of likely N-dealkylation sites (tertiary alicyclic amines) is 1. The number of nitriles is 1. The van der Waals surface area contributed by atoms with Crippen LogP contribution in [0.5, 0.6) is 0 Å². The summed E-state index contributed by atoms with van der Waals surface area (Å²) in [4.78, 5) is 2.46. The number of hydrogen-bond acceptors (Lipinski definition) is 4. The van der Waals surface area contributed by atoms with Gasteiger partial charge in [-0.3, -0.25) is 0 Å². The van der Waals surface area contributed by atoms with Crippen molar-refractivity contribution >= 4 is 0 Å². The van der Waals surface area contributed by atoms with Crippen LogP contribution in [0.2, 0.25) is 0 Å². The second-order valence-electron chi connectivity index (χ2n) is 5.22. The minimum absolute atomic E-state index is 0.392. The Bertz CT molecular complexity index is 435. The highest BCUT2D eigenvalue weighted by atomic mass is 15.4. The molecule has 104 valence electrons. The highest BCUT2D eigenvalue weighted by molar-refractivity contribution is 5.27. The van der Waals surface area contributed by atoms with E-state index in [0.29, 0.717) is 11.6 Å². The third-order valence-electron chi connectivity index (χ3n) is 4.08. The van der Waals surface area contributed by atoms with E-state index >= 15 is 0 Å². The molecule has 0 atom stereocenters. The fourth-order valence-electron chi connectivity index (χ4n) is 2.89. The van der Waals surface area contributed by atoms with Gasteiger partial charge in [0.1, 0.15) is 6.07 Å². The molecule has 1 aromatic rings. The third-order valence-corrected chi connectivity index (χ3v) is 4.08. The van der Waals surface area contributed by atoms with Gasteiger partial charge in [0.2, 0.25) is 0 Å². The number of aromatic nitrogens is 3. The molecule has 2 rings (SSSR count). The van der Waals surface area contributed by atoms with Gasteiger partial charge in [0.25, 0.3) is 0 Å². The Morgan fingerprint density at radius 1 is 1.21 bits per heavy atom. The highest BCUT2D eigenvalue weighted by Gasteiger charge is 2.20. The Morgan fingerprint density at radius 3 is 2.47 bits per heavy atom. The van der Waals surface area contributed by atoms with Crippen molar-refractivity contribution in [1.82, 2.24) is 19.9 Å². The van der Waals surface area contributed by atoms with E-state index < -0.39 is 0 Å². The molecule has 1 fully saturated rings. The largest absolute Gasteiger partial charge is 0.301 e. The molecular weight excluding hydrogens is 238 g/mol. The zero-order valence-corrected chi connectivity index (χ0v) is 12.0. The molecule has 5 nitrogen and oxygen atoms in total. The molecule has 1 aliphatic rings. The van der Waals surface area contributed by atoms with Crippen LogP contribution in [0.15, 0.2) is 0 Å². The zero-order chi connectivity index (χ0) is 13.7. The number of nitrogens with zero attached hydrogens (tertiary/aromatic N) is 5. The van der Waals surface area contributed by atoms with Crippen LogP contribution < -0.4 is 0 Å². The second-order valence-corrected chi connectivity index (χ2v) is 5.22. The summed E-state index contributed by atoms with van der Waals surface area (Å²) >= 11 is 0. The van der Waals surface area contributed by atoms with Gasteiger partial charge >= 0.3 is 0 Å². The number of rotatable bonds is 6. The molecular formula is C14H23N5. The van der Waals surface area contributed by atoms with Gasteiger partial charge in [0.05, 0.1) is 12.2 Å². The van der Waals surface area contributed by atoms with Crippen molar-refractivity contribution in [3.8, 4) is 6.07 Å². The minimum Gasteiger partial charge on any atom is -0.301 e. The summed E-state index contributed by atoms with van der Waals surface area (Å²) in [6.07, 6.45) is 4.67. The molecule has 0 aliphatic carbocycles. The molecule has 1 aromatic heterocycles. The summed E-state index contributed by atoms with van der Waals surface area (Å²) in [6.45, 7) is 8.57. The van der Waals surface area contributed by atoms with E-state index in [1.165, 1.54) is 25.9 Å². The lowest BCUT2D eigenvalue weighted by atomic mass is 9.98. The molecule has 0 bridgehead atoms. The lowest BCUT2D eigenvalue weighted by molar-refractivity contribution is 0.309. The fourth-order valence-corrected chi connectivity index (χ4v) is 2.89. The first-order valence-electron chi connectivity index (χ1n) is 7.36. The molecule has 0 radical (unpaired) electrons. The molecule has 0 amide bonds. The van der Waals surface area contributed by atoms with E-state index in [9.17, 15) is 5.26 Å². The molecule has 1 aliphatic heterocycles. The summed E-state index contributed by atoms with van der Waals surface area (Å²) in [5.41, 5.74) is 1.54. The van der Waals surface area contributed by atoms with Gasteiger partial charge in [0, 0.05) is 12.5 Å². The Morgan fingerprint density at radius 2 is 1.89 bits per heavy atom. The van der Waals surface area contributed by atoms with Gasteiger partial charge in [-0.2, -0.15) is 5.26 Å². The number of hydrogen-bond donors (Lipinski definition) is 0. The maximum absolute atomic E-state index is 9.18. The first kappa shape index (κ1) is 14.0. The van der Waals surface area contributed by atoms with Crippen LogP contribution in [-0.4, -0.2) is 39.5 Å². The first-order chi connectivity index (χ1) is 9.30. The van der Waals surface area contributed by atoms with E-state index in [1.54, 1.807) is 0 Å². The van der Waals surface area contributed by atoms with Gasteiger partial charge in [-0.15, -0.1) is 5.10 Å². The van der Waals surface area contributed by atoms with E-state index in [1.807, 2.05) is 4.68 Å². The molecule has 5 heteroatoms. The average Bonchev–Trinajstić information content (AvgIpc) is 3.07. The Kier molecular flexibility index (Phi) is 4.92. The minimum atomic E-state index is 0.392. The maximum Gasteiger partial charge on any atom is 0.186 e. The summed E-state index contributed by atoms with van der Waals surface area (Å²) in [7, 11) is 0. The summed E-state index contributed by atoms with van der Waals surface area (Å²) < 4.78 is 1.95. The van der Waals surface area contributed by atoms with Crippen molar-refractivity contribution < 1.29 is 0 Å². The summed E-state index contributed by atoms with van der Waals surface area (Å²) in [6, 6.07) is 2.18. The molecule has 0 N–H and O–H groups in total. The van der Waals surface area contributed by atoms with Crippen LogP contribution in [0.25, 0.3) is 0 Å². The molecule has 0 unspecified atom stereocenters. The van der Waals surface area contributed by atoms with Gasteiger partial charge in [-0.1, -0.05) is 19.1 Å². The van der Waals surface area contributed by atoms with Crippen LogP contribution in [0.1, 0.15) is 56.8 Å². The predicted octanol–water partition coefficient (Wildman–Crippen LogP) is 2.15. The second kappa shape index (κ2) is 6.67. The fraction of sp³-hybridized carbons (Fsp3) is 0.786. The SMILES string of the molecule is CCC(CC)c1c(C#N)nnn1CCN1CCCC1. The standard InChI is InChI=1S/C14H23N5/c1-3-12(4-2)14-13(11-15)16-17-19(14)10-9-18-7-5-6-8-18/h12H,3-10H2,1-2H3. The Hall–Kier alpha value is -1.41. The van der Waals surface area contributed by atoms with Crippen LogP contribution in [0.4, 0.5) is 0 Å². The van der Waals surface area contributed by atoms with E-state index in [-0.39, 0.29) is 0 Å². The molecule has 0 saturated carbocycles. The van der Waals surface area contributed by atoms with Crippen molar-refractivity contribution in [3.63, 3.8) is 0 Å². The molecule has 1 saturated heterocycles. The smallest absolute Gasteiger partial charge is 0.186 e. The van der Waals surface area contributed by atoms with Gasteiger partial charge in [-0.05, 0) is 38.8 Å².